The van der Waals surface area contributed by atoms with Crippen molar-refractivity contribution >= 4 is 0 Å². The van der Waals surface area contributed by atoms with Gasteiger partial charge in [-0.25, -0.2) is 0 Å². The molecule has 114 valence electrons. The van der Waals surface area contributed by atoms with Gasteiger partial charge in [-0.2, -0.15) is 0 Å². The van der Waals surface area contributed by atoms with E-state index in [2.05, 4.69) is 24.0 Å². The Morgan fingerprint density at radius 2 is 1.75 bits per heavy atom. The van der Waals surface area contributed by atoms with Crippen LogP contribution in [0.3, 0.4) is 0 Å². The number of methoxy groups -OCH3 is 1. The Balaban J connectivity index is 2.31. The summed E-state index contributed by atoms with van der Waals surface area (Å²) < 4.78 is 5.42. The van der Waals surface area contributed by atoms with Crippen molar-refractivity contribution in [2.45, 2.75) is 45.6 Å². The van der Waals surface area contributed by atoms with Crippen molar-refractivity contribution in [1.82, 2.24) is 4.90 Å². The molecule has 0 fully saturated rings. The van der Waals surface area contributed by atoms with Gasteiger partial charge >= 0.3 is 0 Å². The third kappa shape index (κ3) is 6.40. The molecule has 0 aliphatic heterocycles. The largest absolute Gasteiger partial charge is 0.496 e. The van der Waals surface area contributed by atoms with E-state index in [1.807, 2.05) is 12.1 Å². The van der Waals surface area contributed by atoms with E-state index in [9.17, 15) is 0 Å². The van der Waals surface area contributed by atoms with Crippen LogP contribution in [0, 0.1) is 0 Å². The van der Waals surface area contributed by atoms with Crippen molar-refractivity contribution in [3.8, 4) is 5.75 Å². The molecule has 0 atom stereocenters. The van der Waals surface area contributed by atoms with E-state index >= 15 is 0 Å². The summed E-state index contributed by atoms with van der Waals surface area (Å²) in [5, 5.41) is 0. The molecule has 0 spiro atoms. The highest BCUT2D eigenvalue weighted by Gasteiger charge is 2.07. The minimum atomic E-state index is 0.828. The molecule has 0 unspecified atom stereocenters. The maximum Gasteiger partial charge on any atom is 0.123 e. The Morgan fingerprint density at radius 1 is 1.05 bits per heavy atom. The second-order valence-electron chi connectivity index (χ2n) is 5.24. The Kier molecular flexibility index (Phi) is 9.09. The van der Waals surface area contributed by atoms with Gasteiger partial charge in [0.2, 0.25) is 0 Å². The number of ether oxygens (including phenoxy) is 1. The Bertz CT molecular complexity index is 355. The molecule has 0 saturated heterocycles. The van der Waals surface area contributed by atoms with Crippen LogP contribution in [0.2, 0.25) is 0 Å². The van der Waals surface area contributed by atoms with Crippen LogP contribution in [0.25, 0.3) is 0 Å². The van der Waals surface area contributed by atoms with Crippen molar-refractivity contribution in [2.24, 2.45) is 5.73 Å². The second kappa shape index (κ2) is 10.7. The minimum Gasteiger partial charge on any atom is -0.496 e. The number of unbranched alkanes of at least 4 members (excludes halogenated alkanes) is 4. The van der Waals surface area contributed by atoms with Gasteiger partial charge in [-0.05, 0) is 38.5 Å². The van der Waals surface area contributed by atoms with E-state index in [0.29, 0.717) is 0 Å². The summed E-state index contributed by atoms with van der Waals surface area (Å²) in [5.41, 5.74) is 6.78. The molecular formula is C17H30N2O. The van der Waals surface area contributed by atoms with Crippen LogP contribution < -0.4 is 10.5 Å². The van der Waals surface area contributed by atoms with Crippen molar-refractivity contribution in [3.05, 3.63) is 29.8 Å². The van der Waals surface area contributed by atoms with Crippen molar-refractivity contribution in [3.63, 3.8) is 0 Å². The predicted octanol–water partition coefficient (Wildman–Crippen LogP) is 3.43. The van der Waals surface area contributed by atoms with E-state index in [1.54, 1.807) is 7.11 Å². The summed E-state index contributed by atoms with van der Waals surface area (Å²) in [5.74, 6) is 0.994. The maximum absolute atomic E-state index is 5.51. The quantitative estimate of drug-likeness (QED) is 0.630. The number of rotatable bonds is 11. The Labute approximate surface area is 124 Å². The van der Waals surface area contributed by atoms with Gasteiger partial charge in [0, 0.05) is 12.1 Å². The van der Waals surface area contributed by atoms with Crippen LogP contribution in [-0.2, 0) is 6.54 Å². The fraction of sp³-hybridized carbons (Fsp3) is 0.647. The molecule has 0 aliphatic carbocycles. The first-order chi connectivity index (χ1) is 9.81. The molecule has 0 radical (unpaired) electrons. The normalized spacial score (nSPS) is 11.0. The van der Waals surface area contributed by atoms with Gasteiger partial charge in [-0.1, -0.05) is 44.4 Å². The van der Waals surface area contributed by atoms with Gasteiger partial charge in [0.05, 0.1) is 7.11 Å². The summed E-state index contributed by atoms with van der Waals surface area (Å²) in [6.45, 7) is 6.28. The third-order valence-electron chi connectivity index (χ3n) is 3.71. The first-order valence-corrected chi connectivity index (χ1v) is 7.86. The number of hydrogen-bond donors (Lipinski definition) is 1. The number of hydrogen-bond acceptors (Lipinski definition) is 3. The smallest absolute Gasteiger partial charge is 0.123 e. The molecule has 0 amide bonds. The SMILES string of the molecule is CCN(CCCCCCCN)Cc1ccccc1OC. The monoisotopic (exact) mass is 278 g/mol. The first-order valence-electron chi connectivity index (χ1n) is 7.86. The zero-order chi connectivity index (χ0) is 14.6. The second-order valence-corrected chi connectivity index (χ2v) is 5.24. The zero-order valence-electron chi connectivity index (χ0n) is 13.1. The van der Waals surface area contributed by atoms with Crippen LogP contribution >= 0.6 is 0 Å². The van der Waals surface area contributed by atoms with Gasteiger partial charge in [-0.15, -0.1) is 0 Å². The van der Waals surface area contributed by atoms with E-state index < -0.39 is 0 Å². The molecule has 0 aromatic heterocycles. The predicted molar refractivity (Wildman–Crippen MR) is 86.1 cm³/mol. The van der Waals surface area contributed by atoms with Gasteiger partial charge in [0.15, 0.2) is 0 Å². The van der Waals surface area contributed by atoms with Gasteiger partial charge in [-0.3, -0.25) is 4.90 Å². The van der Waals surface area contributed by atoms with Crippen LogP contribution in [-0.4, -0.2) is 31.6 Å². The first kappa shape index (κ1) is 17.0. The number of benzene rings is 1. The van der Waals surface area contributed by atoms with E-state index in [1.165, 1.54) is 37.7 Å². The zero-order valence-corrected chi connectivity index (χ0v) is 13.1. The molecule has 1 aromatic carbocycles. The van der Waals surface area contributed by atoms with Gasteiger partial charge < -0.3 is 10.5 Å². The Morgan fingerprint density at radius 3 is 2.45 bits per heavy atom. The molecule has 20 heavy (non-hydrogen) atoms. The van der Waals surface area contributed by atoms with E-state index in [-0.39, 0.29) is 0 Å². The third-order valence-corrected chi connectivity index (χ3v) is 3.71. The summed E-state index contributed by atoms with van der Waals surface area (Å²) in [7, 11) is 1.74. The minimum absolute atomic E-state index is 0.828. The molecule has 0 saturated carbocycles. The van der Waals surface area contributed by atoms with Crippen molar-refractivity contribution < 1.29 is 4.74 Å². The fourth-order valence-corrected chi connectivity index (χ4v) is 2.43. The lowest BCUT2D eigenvalue weighted by atomic mass is 10.1. The lowest BCUT2D eigenvalue weighted by Crippen LogP contribution is -2.24. The molecule has 0 heterocycles. The molecular weight excluding hydrogens is 248 g/mol. The fourth-order valence-electron chi connectivity index (χ4n) is 2.43. The van der Waals surface area contributed by atoms with Gasteiger partial charge in [0.25, 0.3) is 0 Å². The molecule has 3 nitrogen and oxygen atoms in total. The summed E-state index contributed by atoms with van der Waals surface area (Å²) in [6, 6.07) is 8.30. The molecule has 2 N–H and O–H groups in total. The van der Waals surface area contributed by atoms with Crippen LogP contribution in [0.4, 0.5) is 0 Å². The van der Waals surface area contributed by atoms with E-state index in [0.717, 1.165) is 31.9 Å². The lowest BCUT2D eigenvalue weighted by molar-refractivity contribution is 0.267. The van der Waals surface area contributed by atoms with Crippen LogP contribution in [0.15, 0.2) is 24.3 Å². The number of nitrogens with zero attached hydrogens (tertiary/aromatic N) is 1. The standard InChI is InChI=1S/C17H30N2O/c1-3-19(14-10-6-4-5-9-13-18)15-16-11-7-8-12-17(16)20-2/h7-8,11-12H,3-6,9-10,13-15,18H2,1-2H3. The summed E-state index contributed by atoms with van der Waals surface area (Å²) >= 11 is 0. The maximum atomic E-state index is 5.51. The topological polar surface area (TPSA) is 38.5 Å². The molecule has 1 aromatic rings. The number of nitrogens with two attached hydrogens (primary N) is 1. The average molecular weight is 278 g/mol. The number of para-hydroxylation sites is 1. The van der Waals surface area contributed by atoms with Crippen LogP contribution in [0.1, 0.15) is 44.6 Å². The molecule has 0 aliphatic rings. The highest BCUT2D eigenvalue weighted by Crippen LogP contribution is 2.19. The summed E-state index contributed by atoms with van der Waals surface area (Å²) in [6.07, 6.45) is 6.33. The molecule has 3 heteroatoms. The molecule has 0 bridgehead atoms. The summed E-state index contributed by atoms with van der Waals surface area (Å²) in [4.78, 5) is 2.49. The highest BCUT2D eigenvalue weighted by molar-refractivity contribution is 5.33. The highest BCUT2D eigenvalue weighted by atomic mass is 16.5. The van der Waals surface area contributed by atoms with Crippen LogP contribution in [0.5, 0.6) is 5.75 Å². The van der Waals surface area contributed by atoms with Crippen molar-refractivity contribution in [1.29, 1.82) is 0 Å². The Hall–Kier alpha value is -1.06. The lowest BCUT2D eigenvalue weighted by Gasteiger charge is -2.21. The van der Waals surface area contributed by atoms with Crippen molar-refractivity contribution in [2.75, 3.05) is 26.7 Å². The average Bonchev–Trinajstić information content (AvgIpc) is 2.50. The van der Waals surface area contributed by atoms with E-state index in [4.69, 9.17) is 10.5 Å². The van der Waals surface area contributed by atoms with Gasteiger partial charge in [0.1, 0.15) is 5.75 Å². The molecule has 1 rings (SSSR count).